The third kappa shape index (κ3) is 4.18. The van der Waals surface area contributed by atoms with Gasteiger partial charge in [-0.1, -0.05) is 32.1 Å². The van der Waals surface area contributed by atoms with E-state index in [2.05, 4.69) is 10.2 Å². The zero-order valence-corrected chi connectivity index (χ0v) is 18.2. The number of ether oxygens (including phenoxy) is 1. The van der Waals surface area contributed by atoms with Crippen molar-refractivity contribution in [3.05, 3.63) is 63.7 Å². The number of alkyl halides is 3. The van der Waals surface area contributed by atoms with E-state index in [0.717, 1.165) is 12.1 Å². The Bertz CT molecular complexity index is 1190. The van der Waals surface area contributed by atoms with Crippen molar-refractivity contribution < 1.29 is 27.8 Å². The average Bonchev–Trinajstić information content (AvgIpc) is 3.09. The molecule has 7 nitrogen and oxygen atoms in total. The first-order valence-electron chi connectivity index (χ1n) is 10.2. The Morgan fingerprint density at radius 2 is 2.09 bits per heavy atom. The highest BCUT2D eigenvalue weighted by molar-refractivity contribution is 5.67. The van der Waals surface area contributed by atoms with Gasteiger partial charge in [0.1, 0.15) is 11.6 Å². The van der Waals surface area contributed by atoms with Crippen LogP contribution in [0.2, 0.25) is 0 Å². The van der Waals surface area contributed by atoms with Crippen LogP contribution in [-0.4, -0.2) is 21.3 Å². The highest BCUT2D eigenvalue weighted by atomic mass is 19.4. The predicted molar refractivity (Wildman–Crippen MR) is 114 cm³/mol. The molecule has 0 radical (unpaired) electrons. The van der Waals surface area contributed by atoms with Crippen molar-refractivity contribution in [1.82, 2.24) is 10.2 Å². The minimum absolute atomic E-state index is 0.00497. The van der Waals surface area contributed by atoms with Crippen LogP contribution < -0.4 is 10.5 Å². The Kier molecular flexibility index (Phi) is 6.27. The zero-order valence-electron chi connectivity index (χ0n) is 18.2. The summed E-state index contributed by atoms with van der Waals surface area (Å²) in [6.45, 7) is 5.25. The lowest BCUT2D eigenvalue weighted by Gasteiger charge is -2.41. The minimum atomic E-state index is -4.65. The molecule has 33 heavy (non-hydrogen) atoms. The third-order valence-electron chi connectivity index (χ3n) is 5.71. The summed E-state index contributed by atoms with van der Waals surface area (Å²) in [5.41, 5.74) is 5.13. The number of nitrogens with zero attached hydrogens (tertiary/aromatic N) is 2. The van der Waals surface area contributed by atoms with Crippen LogP contribution in [0.15, 0.2) is 35.7 Å². The smallest absolute Gasteiger partial charge is 0.416 e. The molecule has 0 bridgehead atoms. The van der Waals surface area contributed by atoms with Crippen molar-refractivity contribution >= 4 is 12.0 Å². The molecule has 1 aromatic heterocycles. The van der Waals surface area contributed by atoms with Crippen molar-refractivity contribution in [2.24, 2.45) is 11.7 Å². The molecule has 3 rings (SSSR count). The first kappa shape index (κ1) is 23.9. The quantitative estimate of drug-likeness (QED) is 0.577. The van der Waals surface area contributed by atoms with Crippen molar-refractivity contribution in [3.63, 3.8) is 0 Å². The number of carboxylic acid groups (broad SMARTS) is 1. The van der Waals surface area contributed by atoms with Gasteiger partial charge in [0.05, 0.1) is 22.2 Å². The largest absolute Gasteiger partial charge is 0.481 e. The van der Waals surface area contributed by atoms with Crippen LogP contribution in [0.5, 0.6) is 5.88 Å². The number of halogens is 3. The van der Waals surface area contributed by atoms with E-state index in [0.29, 0.717) is 11.3 Å². The lowest BCUT2D eigenvalue weighted by atomic mass is 9.61. The highest BCUT2D eigenvalue weighted by Gasteiger charge is 2.51. The molecule has 0 aliphatic carbocycles. The van der Waals surface area contributed by atoms with E-state index in [9.17, 15) is 23.2 Å². The monoisotopic (exact) mass is 460 g/mol. The Balaban J connectivity index is 2.34. The van der Waals surface area contributed by atoms with E-state index in [1.165, 1.54) is 12.2 Å². The van der Waals surface area contributed by atoms with Gasteiger partial charge in [0.2, 0.25) is 11.8 Å². The standard InChI is InChI=1S/C23H23F3N4O3/c1-12(2)22(17(11-27)20(28)33-21-19(22)13(3)29-30-21)15-8-14(6-4-5-7-18(31)32)9-16(10-15)23(24,25)26/h4,6,8-10,12H,5,7,28H2,1-3H3,(H,29,30)(H,31,32). The molecule has 1 aliphatic rings. The SMILES string of the molecule is Cc1n[nH]c2c1C(c1cc(C=CCCC(=O)O)cc(C(F)(F)F)c1)(C(C)C)C(C#N)=C(N)O2. The molecule has 1 aliphatic heterocycles. The minimum Gasteiger partial charge on any atom is -0.481 e. The maximum Gasteiger partial charge on any atom is 0.416 e. The van der Waals surface area contributed by atoms with Crippen LogP contribution in [0.25, 0.3) is 6.08 Å². The highest BCUT2D eigenvalue weighted by Crippen LogP contribution is 2.53. The summed E-state index contributed by atoms with van der Waals surface area (Å²) in [6, 6.07) is 5.60. The number of fused-ring (bicyclic) bond motifs is 1. The molecule has 0 saturated carbocycles. The van der Waals surface area contributed by atoms with E-state index in [1.54, 1.807) is 26.8 Å². The number of hydrogen-bond donors (Lipinski definition) is 3. The summed E-state index contributed by atoms with van der Waals surface area (Å²) in [7, 11) is 0. The molecule has 174 valence electrons. The number of rotatable bonds is 6. The molecule has 10 heteroatoms. The molecule has 0 fully saturated rings. The van der Waals surface area contributed by atoms with Gasteiger partial charge in [0, 0.05) is 6.42 Å². The number of allylic oxidation sites excluding steroid dienone is 2. The average molecular weight is 460 g/mol. The van der Waals surface area contributed by atoms with Crippen molar-refractivity contribution in [3.8, 4) is 11.9 Å². The van der Waals surface area contributed by atoms with Gasteiger partial charge in [-0.25, -0.2) is 5.10 Å². The van der Waals surface area contributed by atoms with Gasteiger partial charge in [-0.15, -0.1) is 0 Å². The summed E-state index contributed by atoms with van der Waals surface area (Å²) in [4.78, 5) is 10.7. The van der Waals surface area contributed by atoms with Gasteiger partial charge < -0.3 is 15.6 Å². The van der Waals surface area contributed by atoms with Crippen LogP contribution in [0.3, 0.4) is 0 Å². The fraction of sp³-hybridized carbons (Fsp3) is 0.348. The normalized spacial score (nSPS) is 18.4. The van der Waals surface area contributed by atoms with Crippen LogP contribution in [0, 0.1) is 24.2 Å². The van der Waals surface area contributed by atoms with Gasteiger partial charge in [-0.2, -0.15) is 23.5 Å². The fourth-order valence-corrected chi connectivity index (χ4v) is 4.34. The summed E-state index contributed by atoms with van der Waals surface area (Å²) < 4.78 is 47.1. The number of aliphatic carboxylic acids is 1. The number of aromatic nitrogens is 2. The molecule has 0 spiro atoms. The molecule has 4 N–H and O–H groups in total. The van der Waals surface area contributed by atoms with Crippen LogP contribution in [0.4, 0.5) is 13.2 Å². The number of nitrogens with one attached hydrogen (secondary N) is 1. The lowest BCUT2D eigenvalue weighted by molar-refractivity contribution is -0.138. The van der Waals surface area contributed by atoms with Gasteiger partial charge in [-0.05, 0) is 42.5 Å². The first-order chi connectivity index (χ1) is 15.4. The van der Waals surface area contributed by atoms with E-state index in [1.807, 2.05) is 6.07 Å². The second kappa shape index (κ2) is 8.65. The summed E-state index contributed by atoms with van der Waals surface area (Å²) >= 11 is 0. The summed E-state index contributed by atoms with van der Waals surface area (Å²) in [6.07, 6.45) is -1.70. The Labute approximate surface area is 188 Å². The molecule has 1 aromatic carbocycles. The van der Waals surface area contributed by atoms with Gasteiger partial charge >= 0.3 is 12.1 Å². The number of carboxylic acids is 1. The topological polar surface area (TPSA) is 125 Å². The number of carbonyl (C=O) groups is 1. The van der Waals surface area contributed by atoms with Crippen molar-refractivity contribution in [2.75, 3.05) is 0 Å². The molecular formula is C23H23F3N4O3. The number of aromatic amines is 1. The third-order valence-corrected chi connectivity index (χ3v) is 5.71. The summed E-state index contributed by atoms with van der Waals surface area (Å²) in [5.74, 6) is -1.45. The van der Waals surface area contributed by atoms with E-state index < -0.39 is 29.0 Å². The maximum absolute atomic E-state index is 13.9. The maximum atomic E-state index is 13.9. The number of aryl methyl sites for hydroxylation is 1. The number of nitriles is 1. The fourth-order valence-electron chi connectivity index (χ4n) is 4.34. The Morgan fingerprint density at radius 3 is 2.67 bits per heavy atom. The molecular weight excluding hydrogens is 437 g/mol. The second-order valence-electron chi connectivity index (χ2n) is 8.11. The van der Waals surface area contributed by atoms with Crippen LogP contribution in [-0.2, 0) is 16.4 Å². The van der Waals surface area contributed by atoms with E-state index in [-0.39, 0.29) is 41.3 Å². The van der Waals surface area contributed by atoms with Gasteiger partial charge in [-0.3, -0.25) is 4.79 Å². The van der Waals surface area contributed by atoms with Crippen molar-refractivity contribution in [2.45, 2.75) is 45.2 Å². The molecule has 1 unspecified atom stereocenters. The zero-order chi connectivity index (χ0) is 24.6. The Morgan fingerprint density at radius 1 is 1.39 bits per heavy atom. The number of H-pyrrole nitrogens is 1. The number of benzene rings is 1. The van der Waals surface area contributed by atoms with Crippen LogP contribution >= 0.6 is 0 Å². The molecule has 2 heterocycles. The summed E-state index contributed by atoms with van der Waals surface area (Å²) in [5, 5.41) is 25.6. The Hall–Kier alpha value is -3.74. The molecule has 0 amide bonds. The molecule has 2 aromatic rings. The molecule has 0 saturated heterocycles. The first-order valence-corrected chi connectivity index (χ1v) is 10.2. The van der Waals surface area contributed by atoms with E-state index in [4.69, 9.17) is 15.6 Å². The molecule has 1 atom stereocenters. The lowest BCUT2D eigenvalue weighted by Crippen LogP contribution is -2.41. The van der Waals surface area contributed by atoms with Crippen LogP contribution in [0.1, 0.15) is 54.6 Å². The number of nitrogens with two attached hydrogens (primary N) is 1. The van der Waals surface area contributed by atoms with Gasteiger partial charge in [0.15, 0.2) is 0 Å². The van der Waals surface area contributed by atoms with E-state index >= 15 is 0 Å². The predicted octanol–water partition coefficient (Wildman–Crippen LogP) is 4.64. The number of hydrogen-bond acceptors (Lipinski definition) is 5. The van der Waals surface area contributed by atoms with Gasteiger partial charge in [0.25, 0.3) is 0 Å². The van der Waals surface area contributed by atoms with Crippen molar-refractivity contribution in [1.29, 1.82) is 5.26 Å². The second-order valence-corrected chi connectivity index (χ2v) is 8.11.